The van der Waals surface area contributed by atoms with Gasteiger partial charge < -0.3 is 5.11 Å². The number of rotatable bonds is 4. The average molecular weight is 664 g/mol. The minimum atomic E-state index is -0.147. The molecule has 0 radical (unpaired) electrons. The standard InChI is InChI=1S/C46H53N3O/c1-43(2,3)31-23-24-47-37(28-31)30-25-29(26-32(27-30)44(4,5)6)33-18-15-21-38-40(33)48-42(34-17-13-14-22-39(34)50)49(38)41-35(45(7,8)9)19-16-20-36(41)46(10,11)12/h13-28,50H,1-12H3. The summed E-state index contributed by atoms with van der Waals surface area (Å²) >= 11 is 0. The SMILES string of the molecule is CC(C)(C)c1cc(-c2cc(C(C)(C)C)ccn2)cc(-c2cccc3c2nc(-c2ccccc2O)n3-c2c(C(C)(C)C)cccc2C(C)(C)C)c1. The predicted molar refractivity (Wildman–Crippen MR) is 212 cm³/mol. The predicted octanol–water partition coefficient (Wildman–Crippen LogP) is 12.3. The molecule has 0 amide bonds. The molecule has 50 heavy (non-hydrogen) atoms. The molecule has 258 valence electrons. The molecule has 0 bridgehead atoms. The van der Waals surface area contributed by atoms with E-state index >= 15 is 0 Å². The first-order valence-electron chi connectivity index (χ1n) is 17.8. The summed E-state index contributed by atoms with van der Waals surface area (Å²) < 4.78 is 2.30. The first-order chi connectivity index (χ1) is 23.2. The number of fused-ring (bicyclic) bond motifs is 1. The van der Waals surface area contributed by atoms with E-state index in [0.717, 1.165) is 44.9 Å². The molecular weight excluding hydrogens is 611 g/mol. The molecule has 4 nitrogen and oxygen atoms in total. The van der Waals surface area contributed by atoms with Gasteiger partial charge in [-0.15, -0.1) is 0 Å². The lowest BCUT2D eigenvalue weighted by Crippen LogP contribution is -2.22. The van der Waals surface area contributed by atoms with Crippen molar-refractivity contribution in [2.75, 3.05) is 0 Å². The highest BCUT2D eigenvalue weighted by Crippen LogP contribution is 2.44. The van der Waals surface area contributed by atoms with Gasteiger partial charge >= 0.3 is 0 Å². The number of para-hydroxylation sites is 3. The highest BCUT2D eigenvalue weighted by atomic mass is 16.3. The van der Waals surface area contributed by atoms with Gasteiger partial charge in [0.15, 0.2) is 0 Å². The summed E-state index contributed by atoms with van der Waals surface area (Å²) in [5, 5.41) is 11.3. The third kappa shape index (κ3) is 6.61. The number of phenols is 1. The average Bonchev–Trinajstić information content (AvgIpc) is 3.42. The Kier molecular flexibility index (Phi) is 8.62. The number of aromatic hydroxyl groups is 1. The van der Waals surface area contributed by atoms with Crippen LogP contribution < -0.4 is 0 Å². The summed E-state index contributed by atoms with van der Waals surface area (Å²) in [6.45, 7) is 27.1. The molecule has 1 N–H and O–H groups in total. The molecule has 4 aromatic carbocycles. The van der Waals surface area contributed by atoms with Gasteiger partial charge in [-0.05, 0) is 91.9 Å². The number of hydrogen-bond donors (Lipinski definition) is 1. The molecule has 0 fully saturated rings. The van der Waals surface area contributed by atoms with Crippen molar-refractivity contribution in [3.8, 4) is 45.2 Å². The Labute approximate surface area is 299 Å². The van der Waals surface area contributed by atoms with E-state index in [-0.39, 0.29) is 27.4 Å². The largest absolute Gasteiger partial charge is 0.507 e. The van der Waals surface area contributed by atoms with E-state index in [2.05, 4.69) is 154 Å². The van der Waals surface area contributed by atoms with Crippen molar-refractivity contribution in [2.45, 2.75) is 105 Å². The van der Waals surface area contributed by atoms with Crippen molar-refractivity contribution in [1.29, 1.82) is 0 Å². The quantitative estimate of drug-likeness (QED) is 0.204. The molecular formula is C46H53N3O. The van der Waals surface area contributed by atoms with Crippen molar-refractivity contribution >= 4 is 11.0 Å². The van der Waals surface area contributed by atoms with Crippen LogP contribution in [0.3, 0.4) is 0 Å². The lowest BCUT2D eigenvalue weighted by molar-refractivity contribution is 0.477. The van der Waals surface area contributed by atoms with E-state index in [9.17, 15) is 5.11 Å². The Hall–Kier alpha value is -4.70. The Morgan fingerprint density at radius 1 is 0.540 bits per heavy atom. The second-order valence-corrected chi connectivity index (χ2v) is 17.9. The summed E-state index contributed by atoms with van der Waals surface area (Å²) in [4.78, 5) is 10.3. The molecule has 0 aliphatic heterocycles. The van der Waals surface area contributed by atoms with Gasteiger partial charge in [-0.1, -0.05) is 132 Å². The Bertz CT molecular complexity index is 2180. The molecule has 4 heteroatoms. The normalized spacial score (nSPS) is 12.9. The van der Waals surface area contributed by atoms with E-state index in [1.54, 1.807) is 6.07 Å². The first-order valence-corrected chi connectivity index (χ1v) is 17.8. The Morgan fingerprint density at radius 3 is 1.72 bits per heavy atom. The summed E-state index contributed by atoms with van der Waals surface area (Å²) in [5.74, 6) is 0.928. The third-order valence-corrected chi connectivity index (χ3v) is 9.74. The van der Waals surface area contributed by atoms with Gasteiger partial charge in [0.2, 0.25) is 0 Å². The Morgan fingerprint density at radius 2 is 1.12 bits per heavy atom. The van der Waals surface area contributed by atoms with Crippen molar-refractivity contribution in [3.05, 3.63) is 119 Å². The zero-order valence-electron chi connectivity index (χ0n) is 32.0. The molecule has 0 saturated heterocycles. The fourth-order valence-electron chi connectivity index (χ4n) is 6.82. The van der Waals surface area contributed by atoms with Crippen LogP contribution in [-0.2, 0) is 21.7 Å². The molecule has 0 aliphatic rings. The molecule has 0 aliphatic carbocycles. The number of hydrogen-bond acceptors (Lipinski definition) is 3. The van der Waals surface area contributed by atoms with Gasteiger partial charge in [0.1, 0.15) is 11.6 Å². The van der Waals surface area contributed by atoms with Gasteiger partial charge in [-0.25, -0.2) is 4.98 Å². The highest BCUT2D eigenvalue weighted by Gasteiger charge is 2.30. The smallest absolute Gasteiger partial charge is 0.149 e. The van der Waals surface area contributed by atoms with Gasteiger partial charge in [0.05, 0.1) is 28.0 Å². The molecule has 0 atom stereocenters. The zero-order chi connectivity index (χ0) is 36.4. The summed E-state index contributed by atoms with van der Waals surface area (Å²) in [5.41, 5.74) is 12.5. The monoisotopic (exact) mass is 663 g/mol. The van der Waals surface area contributed by atoms with Crippen molar-refractivity contribution in [3.63, 3.8) is 0 Å². The topological polar surface area (TPSA) is 50.9 Å². The molecule has 6 rings (SSSR count). The van der Waals surface area contributed by atoms with Crippen LogP contribution in [0.1, 0.15) is 105 Å². The van der Waals surface area contributed by atoms with Gasteiger partial charge in [0, 0.05) is 17.3 Å². The van der Waals surface area contributed by atoms with Crippen LogP contribution >= 0.6 is 0 Å². The summed E-state index contributed by atoms with van der Waals surface area (Å²) in [7, 11) is 0. The molecule has 0 unspecified atom stereocenters. The minimum Gasteiger partial charge on any atom is -0.507 e. The van der Waals surface area contributed by atoms with E-state index < -0.39 is 0 Å². The van der Waals surface area contributed by atoms with Crippen LogP contribution in [0, 0.1) is 0 Å². The van der Waals surface area contributed by atoms with Gasteiger partial charge in [0.25, 0.3) is 0 Å². The van der Waals surface area contributed by atoms with Crippen LogP contribution in [0.2, 0.25) is 0 Å². The van der Waals surface area contributed by atoms with Crippen molar-refractivity contribution in [2.24, 2.45) is 0 Å². The van der Waals surface area contributed by atoms with E-state index in [0.29, 0.717) is 5.56 Å². The maximum absolute atomic E-state index is 11.3. The highest BCUT2D eigenvalue weighted by molar-refractivity contribution is 5.97. The molecule has 0 spiro atoms. The van der Waals surface area contributed by atoms with E-state index in [4.69, 9.17) is 9.97 Å². The molecule has 6 aromatic rings. The number of aromatic nitrogens is 3. The second kappa shape index (κ2) is 12.3. The number of pyridine rings is 1. The lowest BCUT2D eigenvalue weighted by atomic mass is 9.78. The third-order valence-electron chi connectivity index (χ3n) is 9.74. The van der Waals surface area contributed by atoms with Gasteiger partial charge in [-0.2, -0.15) is 0 Å². The summed E-state index contributed by atoms with van der Waals surface area (Å²) in [6.07, 6.45) is 1.93. The fraction of sp³-hybridized carbons (Fsp3) is 0.348. The fourth-order valence-corrected chi connectivity index (χ4v) is 6.82. The van der Waals surface area contributed by atoms with E-state index in [1.165, 1.54) is 22.3 Å². The number of nitrogens with zero attached hydrogens (tertiary/aromatic N) is 3. The second-order valence-electron chi connectivity index (χ2n) is 17.9. The molecule has 2 heterocycles. The van der Waals surface area contributed by atoms with Crippen molar-refractivity contribution in [1.82, 2.24) is 14.5 Å². The first kappa shape index (κ1) is 35.1. The maximum atomic E-state index is 11.3. The van der Waals surface area contributed by atoms with Crippen molar-refractivity contribution < 1.29 is 5.11 Å². The molecule has 2 aromatic heterocycles. The number of phenolic OH excluding ortho intramolecular Hbond substituents is 1. The van der Waals surface area contributed by atoms with Crippen LogP contribution in [0.25, 0.3) is 50.5 Å². The molecule has 0 saturated carbocycles. The number of imidazole rings is 1. The van der Waals surface area contributed by atoms with Crippen LogP contribution in [0.4, 0.5) is 0 Å². The minimum absolute atomic E-state index is 0.00916. The maximum Gasteiger partial charge on any atom is 0.149 e. The van der Waals surface area contributed by atoms with Crippen LogP contribution in [0.5, 0.6) is 5.75 Å². The van der Waals surface area contributed by atoms with Crippen LogP contribution in [-0.4, -0.2) is 19.6 Å². The lowest BCUT2D eigenvalue weighted by Gasteiger charge is -2.31. The van der Waals surface area contributed by atoms with Crippen LogP contribution in [0.15, 0.2) is 97.2 Å². The van der Waals surface area contributed by atoms with Gasteiger partial charge in [-0.3, -0.25) is 9.55 Å². The van der Waals surface area contributed by atoms with E-state index in [1.807, 2.05) is 24.4 Å². The summed E-state index contributed by atoms with van der Waals surface area (Å²) in [6, 6.07) is 31.9. The zero-order valence-corrected chi connectivity index (χ0v) is 32.0. The Balaban J connectivity index is 1.73. The number of benzene rings is 4.